The highest BCUT2D eigenvalue weighted by Gasteiger charge is 2.30. The fourth-order valence-corrected chi connectivity index (χ4v) is 4.57. The van der Waals surface area contributed by atoms with Crippen molar-refractivity contribution in [1.29, 1.82) is 0 Å². The fraction of sp³-hybridized carbons (Fsp3) is 0.643. The molecule has 7 heteroatoms. The topological polar surface area (TPSA) is 65.0 Å². The SMILES string of the molecule is CCCS(=O)(=O)N1CCN(C2=C3C=NNC3CC=C2)CC1. The van der Waals surface area contributed by atoms with Gasteiger partial charge in [0.05, 0.1) is 18.0 Å². The van der Waals surface area contributed by atoms with Crippen molar-refractivity contribution < 1.29 is 8.42 Å². The molecule has 2 heterocycles. The van der Waals surface area contributed by atoms with E-state index in [2.05, 4.69) is 27.6 Å². The van der Waals surface area contributed by atoms with E-state index in [0.717, 1.165) is 19.5 Å². The molecule has 21 heavy (non-hydrogen) atoms. The maximum absolute atomic E-state index is 12.1. The van der Waals surface area contributed by atoms with Crippen molar-refractivity contribution in [2.45, 2.75) is 25.8 Å². The fourth-order valence-electron chi connectivity index (χ4n) is 3.07. The van der Waals surface area contributed by atoms with E-state index < -0.39 is 10.0 Å². The van der Waals surface area contributed by atoms with Crippen molar-refractivity contribution in [1.82, 2.24) is 14.6 Å². The van der Waals surface area contributed by atoms with E-state index in [1.165, 1.54) is 11.3 Å². The van der Waals surface area contributed by atoms with Gasteiger partial charge in [0.25, 0.3) is 0 Å². The zero-order chi connectivity index (χ0) is 14.9. The number of nitrogens with zero attached hydrogens (tertiary/aromatic N) is 3. The molecule has 1 N–H and O–H groups in total. The molecule has 0 radical (unpaired) electrons. The first kappa shape index (κ1) is 14.6. The molecule has 1 unspecified atom stereocenters. The lowest BCUT2D eigenvalue weighted by molar-refractivity contribution is 0.231. The molecule has 0 aromatic heterocycles. The van der Waals surface area contributed by atoms with Gasteiger partial charge in [-0.05, 0) is 18.9 Å². The minimum absolute atomic E-state index is 0.250. The monoisotopic (exact) mass is 310 g/mol. The normalized spacial score (nSPS) is 26.1. The van der Waals surface area contributed by atoms with E-state index in [0.29, 0.717) is 19.5 Å². The molecule has 2 aliphatic heterocycles. The zero-order valence-corrected chi connectivity index (χ0v) is 13.1. The molecule has 3 rings (SSSR count). The quantitative estimate of drug-likeness (QED) is 0.822. The van der Waals surface area contributed by atoms with Gasteiger partial charge < -0.3 is 10.3 Å². The Bertz CT molecular complexity index is 586. The molecule has 116 valence electrons. The Morgan fingerprint density at radius 2 is 2.10 bits per heavy atom. The summed E-state index contributed by atoms with van der Waals surface area (Å²) in [6, 6.07) is 0.284. The summed E-state index contributed by atoms with van der Waals surface area (Å²) >= 11 is 0. The number of hydrogen-bond acceptors (Lipinski definition) is 5. The molecule has 0 bridgehead atoms. The summed E-state index contributed by atoms with van der Waals surface area (Å²) < 4.78 is 25.8. The van der Waals surface area contributed by atoms with Gasteiger partial charge in [0.2, 0.25) is 10.0 Å². The number of hydrazone groups is 1. The number of allylic oxidation sites excluding steroid dienone is 1. The van der Waals surface area contributed by atoms with Crippen LogP contribution in [0.2, 0.25) is 0 Å². The number of sulfonamides is 1. The van der Waals surface area contributed by atoms with Crippen LogP contribution in [0.4, 0.5) is 0 Å². The van der Waals surface area contributed by atoms with E-state index in [1.807, 2.05) is 13.1 Å². The van der Waals surface area contributed by atoms with Crippen LogP contribution in [0.5, 0.6) is 0 Å². The summed E-state index contributed by atoms with van der Waals surface area (Å²) in [4.78, 5) is 2.27. The summed E-state index contributed by atoms with van der Waals surface area (Å²) in [6.45, 7) is 4.53. The third-order valence-corrected chi connectivity index (χ3v) is 6.26. The Hall–Kier alpha value is -1.34. The Kier molecular flexibility index (Phi) is 4.03. The van der Waals surface area contributed by atoms with Gasteiger partial charge in [-0.3, -0.25) is 0 Å². The molecular formula is C14H22N4O2S. The van der Waals surface area contributed by atoms with Crippen LogP contribution in [0.1, 0.15) is 19.8 Å². The first-order valence-electron chi connectivity index (χ1n) is 7.54. The number of rotatable bonds is 4. The minimum atomic E-state index is -3.07. The predicted octanol–water partition coefficient (Wildman–Crippen LogP) is 0.515. The summed E-state index contributed by atoms with van der Waals surface area (Å²) in [5, 5.41) is 4.15. The van der Waals surface area contributed by atoms with Gasteiger partial charge in [-0.1, -0.05) is 13.0 Å². The van der Waals surface area contributed by atoms with Crippen molar-refractivity contribution in [2.75, 3.05) is 31.9 Å². The van der Waals surface area contributed by atoms with Gasteiger partial charge in [-0.2, -0.15) is 9.41 Å². The van der Waals surface area contributed by atoms with Crippen molar-refractivity contribution in [3.05, 3.63) is 23.4 Å². The Morgan fingerprint density at radius 3 is 2.81 bits per heavy atom. The second-order valence-electron chi connectivity index (χ2n) is 5.62. The molecule has 3 aliphatic rings. The highest BCUT2D eigenvalue weighted by Crippen LogP contribution is 2.25. The van der Waals surface area contributed by atoms with Gasteiger partial charge in [0.15, 0.2) is 0 Å². The average Bonchev–Trinajstić information content (AvgIpc) is 2.95. The van der Waals surface area contributed by atoms with Crippen LogP contribution in [0.3, 0.4) is 0 Å². The molecule has 0 amide bonds. The Labute approximate surface area is 126 Å². The van der Waals surface area contributed by atoms with E-state index in [-0.39, 0.29) is 11.8 Å². The third-order valence-electron chi connectivity index (χ3n) is 4.19. The summed E-state index contributed by atoms with van der Waals surface area (Å²) in [5.74, 6) is 0.250. The molecule has 1 fully saturated rings. The lowest BCUT2D eigenvalue weighted by Crippen LogP contribution is -2.49. The van der Waals surface area contributed by atoms with Gasteiger partial charge in [-0.15, -0.1) is 0 Å². The van der Waals surface area contributed by atoms with Crippen LogP contribution >= 0.6 is 0 Å². The summed E-state index contributed by atoms with van der Waals surface area (Å²) in [5.41, 5.74) is 5.52. The van der Waals surface area contributed by atoms with E-state index in [1.54, 1.807) is 4.31 Å². The molecule has 1 aliphatic carbocycles. The van der Waals surface area contributed by atoms with Gasteiger partial charge in [0, 0.05) is 37.4 Å². The molecule has 0 aromatic carbocycles. The first-order chi connectivity index (χ1) is 10.1. The molecule has 1 atom stereocenters. The van der Waals surface area contributed by atoms with Crippen LogP contribution in [0.15, 0.2) is 28.5 Å². The number of hydrogen-bond donors (Lipinski definition) is 1. The standard InChI is InChI=1S/C14H22N4O2S/c1-2-10-21(19,20)18-8-6-17(7-9-18)14-5-3-4-13-12(14)11-15-16-13/h3,5,11,13,16H,2,4,6-10H2,1H3. The minimum Gasteiger partial charge on any atom is -0.369 e. The Morgan fingerprint density at radius 1 is 1.33 bits per heavy atom. The molecule has 0 saturated carbocycles. The van der Waals surface area contributed by atoms with Gasteiger partial charge >= 0.3 is 0 Å². The van der Waals surface area contributed by atoms with Crippen molar-refractivity contribution >= 4 is 16.2 Å². The smallest absolute Gasteiger partial charge is 0.214 e. The van der Waals surface area contributed by atoms with Crippen molar-refractivity contribution in [3.63, 3.8) is 0 Å². The number of nitrogens with one attached hydrogen (secondary N) is 1. The summed E-state index contributed by atoms with van der Waals surface area (Å²) in [6.07, 6.45) is 7.82. The first-order valence-corrected chi connectivity index (χ1v) is 9.15. The maximum atomic E-state index is 12.1. The zero-order valence-electron chi connectivity index (χ0n) is 12.3. The van der Waals surface area contributed by atoms with Crippen molar-refractivity contribution in [2.24, 2.45) is 5.10 Å². The third kappa shape index (κ3) is 2.85. The van der Waals surface area contributed by atoms with Crippen LogP contribution in [0, 0.1) is 0 Å². The van der Waals surface area contributed by atoms with Crippen LogP contribution in [-0.4, -0.2) is 61.8 Å². The molecule has 6 nitrogen and oxygen atoms in total. The lowest BCUT2D eigenvalue weighted by Gasteiger charge is -2.37. The van der Waals surface area contributed by atoms with Crippen LogP contribution < -0.4 is 5.43 Å². The van der Waals surface area contributed by atoms with E-state index >= 15 is 0 Å². The Balaban J connectivity index is 1.69. The molecule has 0 aromatic rings. The summed E-state index contributed by atoms with van der Waals surface area (Å²) in [7, 11) is -3.07. The van der Waals surface area contributed by atoms with Crippen LogP contribution in [-0.2, 0) is 10.0 Å². The second kappa shape index (κ2) is 5.81. The highest BCUT2D eigenvalue weighted by molar-refractivity contribution is 7.89. The maximum Gasteiger partial charge on any atom is 0.214 e. The van der Waals surface area contributed by atoms with E-state index in [9.17, 15) is 8.42 Å². The number of fused-ring (bicyclic) bond motifs is 1. The largest absolute Gasteiger partial charge is 0.369 e. The van der Waals surface area contributed by atoms with Gasteiger partial charge in [0.1, 0.15) is 0 Å². The second-order valence-corrected chi connectivity index (χ2v) is 7.71. The van der Waals surface area contributed by atoms with Gasteiger partial charge in [-0.25, -0.2) is 8.42 Å². The lowest BCUT2D eigenvalue weighted by atomic mass is 9.97. The number of piperazine rings is 1. The highest BCUT2D eigenvalue weighted by atomic mass is 32.2. The molecule has 1 saturated heterocycles. The molecular weight excluding hydrogens is 288 g/mol. The van der Waals surface area contributed by atoms with Crippen LogP contribution in [0.25, 0.3) is 0 Å². The average molecular weight is 310 g/mol. The van der Waals surface area contributed by atoms with Crippen molar-refractivity contribution in [3.8, 4) is 0 Å². The molecule has 0 spiro atoms. The van der Waals surface area contributed by atoms with E-state index in [4.69, 9.17) is 0 Å². The predicted molar refractivity (Wildman–Crippen MR) is 83.4 cm³/mol.